The number of hydrogen-bond acceptors (Lipinski definition) is 12. The summed E-state index contributed by atoms with van der Waals surface area (Å²) in [7, 11) is 1.76. The minimum absolute atomic E-state index is 0.0185. The number of amidine groups is 2. The molecule has 2 aromatic rings. The van der Waals surface area contributed by atoms with Crippen molar-refractivity contribution in [2.24, 2.45) is 55.3 Å². The number of piperidine rings is 2. The average Bonchev–Trinajstić information content (AvgIpc) is 2.36. The van der Waals surface area contributed by atoms with E-state index in [2.05, 4.69) is 103 Å². The van der Waals surface area contributed by atoms with E-state index in [4.69, 9.17) is 24.2 Å². The number of aliphatic imine (C=N–C) groups is 2. The Morgan fingerprint density at radius 1 is 0.565 bits per heavy atom. The van der Waals surface area contributed by atoms with Crippen LogP contribution in [0.4, 0.5) is 0 Å². The third-order valence-corrected chi connectivity index (χ3v) is 19.4. The van der Waals surface area contributed by atoms with Gasteiger partial charge < -0.3 is 38.9 Å². The molecular weight excluding hydrogens is 1060 g/mol. The predicted octanol–water partition coefficient (Wildman–Crippen LogP) is 14.6. The minimum Gasteiger partial charge on any atom is -0.459 e. The summed E-state index contributed by atoms with van der Waals surface area (Å²) in [5.41, 5.74) is 2.71. The van der Waals surface area contributed by atoms with Gasteiger partial charge in [-0.3, -0.25) is 9.59 Å². The van der Waals surface area contributed by atoms with Gasteiger partial charge >= 0.3 is 11.9 Å². The van der Waals surface area contributed by atoms with Crippen LogP contribution in [0.2, 0.25) is 0 Å². The molecule has 6 aliphatic rings. The number of amides is 2. The monoisotopic (exact) mass is 1180 g/mol. The fourth-order valence-electron chi connectivity index (χ4n) is 14.4. The summed E-state index contributed by atoms with van der Waals surface area (Å²) in [5, 5.41) is 9.91. The lowest BCUT2D eigenvalue weighted by Crippen LogP contribution is -2.52. The van der Waals surface area contributed by atoms with Crippen LogP contribution in [0.25, 0.3) is 0 Å². The van der Waals surface area contributed by atoms with E-state index in [1.807, 2.05) is 76.2 Å². The highest BCUT2D eigenvalue weighted by molar-refractivity contribution is 6.40. The van der Waals surface area contributed by atoms with Crippen LogP contribution in [0.1, 0.15) is 257 Å². The van der Waals surface area contributed by atoms with Crippen molar-refractivity contribution in [1.29, 1.82) is 0 Å². The molecule has 2 saturated carbocycles. The SMILES string of the molecule is CC(C)OC(=O)c1ccc([C@@H](CCC(C)(C)C)N2C(=O)C(N3CCCC(CO)C3)=NC23CCC(C(C)(C)C)CC3)cc1.COCC1CCCN(C2=NC3(CCC(C(C)(C)C)CC3)N([C@H](CCC(C)(C)C)c3ccc(C(=O)OC(C)C)cc3)C2=O)C1. The molecule has 2 aromatic carbocycles. The van der Waals surface area contributed by atoms with Crippen LogP contribution in [0.15, 0.2) is 58.5 Å². The van der Waals surface area contributed by atoms with Crippen molar-refractivity contribution in [2.75, 3.05) is 46.5 Å². The Hall–Kier alpha value is -4.82. The van der Waals surface area contributed by atoms with Crippen LogP contribution in [0.5, 0.6) is 0 Å². The van der Waals surface area contributed by atoms with Crippen LogP contribution in [-0.2, 0) is 23.8 Å². The Bertz CT molecular complexity index is 2620. The molecule has 4 fully saturated rings. The molecule has 4 atom stereocenters. The van der Waals surface area contributed by atoms with Gasteiger partial charge in [0.25, 0.3) is 11.8 Å². The summed E-state index contributed by atoms with van der Waals surface area (Å²) in [6, 6.07) is 15.2. The fourth-order valence-corrected chi connectivity index (χ4v) is 14.4. The number of likely N-dealkylation sites (tertiary alicyclic amines) is 2. The van der Waals surface area contributed by atoms with Gasteiger partial charge in [0.1, 0.15) is 11.3 Å². The highest BCUT2D eigenvalue weighted by Crippen LogP contribution is 2.52. The lowest BCUT2D eigenvalue weighted by Gasteiger charge is -2.47. The summed E-state index contributed by atoms with van der Waals surface area (Å²) in [4.78, 5) is 74.1. The lowest BCUT2D eigenvalue weighted by molar-refractivity contribution is -0.135. The van der Waals surface area contributed by atoms with E-state index >= 15 is 0 Å². The molecule has 2 amide bonds. The van der Waals surface area contributed by atoms with Gasteiger partial charge in [-0.05, 0) is 211 Å². The van der Waals surface area contributed by atoms with Gasteiger partial charge in [0, 0.05) is 39.9 Å². The topological polar surface area (TPSA) is 154 Å². The molecule has 1 N–H and O–H groups in total. The minimum atomic E-state index is -0.571. The highest BCUT2D eigenvalue weighted by atomic mass is 16.5. The predicted molar refractivity (Wildman–Crippen MR) is 341 cm³/mol. The first-order valence-electron chi connectivity index (χ1n) is 32.9. The van der Waals surface area contributed by atoms with Crippen molar-refractivity contribution in [3.63, 3.8) is 0 Å². The maximum Gasteiger partial charge on any atom is 0.338 e. The van der Waals surface area contributed by atoms with E-state index in [0.29, 0.717) is 53.7 Å². The Morgan fingerprint density at radius 3 is 1.24 bits per heavy atom. The van der Waals surface area contributed by atoms with Gasteiger partial charge in [-0.15, -0.1) is 0 Å². The zero-order valence-corrected chi connectivity index (χ0v) is 55.8. The summed E-state index contributed by atoms with van der Waals surface area (Å²) in [6.45, 7) is 38.9. The number of nitrogens with zero attached hydrogens (tertiary/aromatic N) is 6. The highest BCUT2D eigenvalue weighted by Gasteiger charge is 2.56. The molecule has 474 valence electrons. The van der Waals surface area contributed by atoms with Crippen molar-refractivity contribution in [1.82, 2.24) is 19.6 Å². The number of rotatable bonds is 15. The van der Waals surface area contributed by atoms with E-state index in [9.17, 15) is 24.3 Å². The maximum absolute atomic E-state index is 14.7. The smallest absolute Gasteiger partial charge is 0.338 e. The number of hydrogen-bond donors (Lipinski definition) is 1. The van der Waals surface area contributed by atoms with Gasteiger partial charge in [-0.2, -0.15) is 0 Å². The van der Waals surface area contributed by atoms with Gasteiger partial charge in [0.05, 0.1) is 42.0 Å². The van der Waals surface area contributed by atoms with Gasteiger partial charge in [-0.25, -0.2) is 19.6 Å². The standard InChI is InChI=1S/C36H57N3O4.C35H55N3O4/c1-25(2)43-33(41)28-14-12-27(13-15-28)30(18-19-34(3,4)5)39-32(40)31(38-22-10-11-26(23-38)24-42-9)37-36(39)20-16-29(17-21-36)35(6,7)8;1-24(2)42-32(41)27-13-11-26(12-14-27)29(17-18-33(3,4)5)38-31(40)30(37-21-9-10-25(22-37)23-39)36-35(38)19-15-28(16-20-35)34(6,7)8/h12-15,25-26,29-30H,10-11,16-24H2,1-9H3;11-14,24-25,28-29,39H,9-10,15-23H2,1-8H3/t26?,29?,30-,36?;25?,28?,29-,35?/m11/s1. The van der Waals surface area contributed by atoms with E-state index in [1.165, 1.54) is 0 Å². The van der Waals surface area contributed by atoms with Gasteiger partial charge in [-0.1, -0.05) is 107 Å². The summed E-state index contributed by atoms with van der Waals surface area (Å²) in [6.07, 6.45) is 15.0. The molecule has 2 saturated heterocycles. The summed E-state index contributed by atoms with van der Waals surface area (Å²) < 4.78 is 16.4. The summed E-state index contributed by atoms with van der Waals surface area (Å²) in [5.74, 6) is 2.44. The molecule has 2 unspecified atom stereocenters. The quantitative estimate of drug-likeness (QED) is 0.170. The number of aliphatic hydroxyl groups is 1. The maximum atomic E-state index is 14.7. The number of methoxy groups -OCH3 is 1. The van der Waals surface area contributed by atoms with Crippen molar-refractivity contribution >= 4 is 35.4 Å². The second kappa shape index (κ2) is 27.7. The largest absolute Gasteiger partial charge is 0.459 e. The van der Waals surface area contributed by atoms with Crippen LogP contribution in [-0.4, -0.2) is 130 Å². The Labute approximate surface area is 513 Å². The van der Waals surface area contributed by atoms with Gasteiger partial charge in [0.2, 0.25) is 0 Å². The zero-order chi connectivity index (χ0) is 62.5. The first kappa shape index (κ1) is 67.7. The molecule has 14 nitrogen and oxygen atoms in total. The Morgan fingerprint density at radius 2 is 0.918 bits per heavy atom. The van der Waals surface area contributed by atoms with Crippen molar-refractivity contribution in [3.8, 4) is 0 Å². The van der Waals surface area contributed by atoms with Gasteiger partial charge in [0.15, 0.2) is 11.7 Å². The molecule has 2 aliphatic carbocycles. The van der Waals surface area contributed by atoms with Crippen LogP contribution in [0, 0.1) is 45.3 Å². The molecule has 4 aliphatic heterocycles. The number of aliphatic hydroxyl groups excluding tert-OH is 1. The van der Waals surface area contributed by atoms with E-state index in [1.54, 1.807) is 7.11 Å². The molecule has 14 heteroatoms. The number of carbonyl (C=O) groups excluding carboxylic acids is 4. The fraction of sp³-hybridized carbons (Fsp3) is 0.746. The number of ether oxygens (including phenoxy) is 3. The van der Waals surface area contributed by atoms with Crippen LogP contribution in [0.3, 0.4) is 0 Å². The molecule has 8 rings (SSSR count). The second-order valence-corrected chi connectivity index (χ2v) is 31.4. The first-order valence-corrected chi connectivity index (χ1v) is 32.9. The first-order chi connectivity index (χ1) is 39.8. The Balaban J connectivity index is 0.000000244. The molecular formula is C71H112N6O8. The van der Waals surface area contributed by atoms with Crippen molar-refractivity contribution in [3.05, 3.63) is 70.8 Å². The second-order valence-electron chi connectivity index (χ2n) is 31.4. The lowest BCUT2D eigenvalue weighted by atomic mass is 9.69. The molecule has 0 aromatic heterocycles. The summed E-state index contributed by atoms with van der Waals surface area (Å²) >= 11 is 0. The Kier molecular flexibility index (Phi) is 22.1. The molecule has 0 bridgehead atoms. The van der Waals surface area contributed by atoms with E-state index in [0.717, 1.165) is 133 Å². The normalized spacial score (nSPS) is 26.0. The third kappa shape index (κ3) is 17.1. The zero-order valence-electron chi connectivity index (χ0n) is 55.8. The molecule has 85 heavy (non-hydrogen) atoms. The number of benzene rings is 2. The van der Waals surface area contributed by atoms with E-state index < -0.39 is 11.3 Å². The molecule has 2 spiro atoms. The van der Waals surface area contributed by atoms with Crippen LogP contribution < -0.4 is 0 Å². The third-order valence-electron chi connectivity index (χ3n) is 19.4. The molecule has 0 radical (unpaired) electrons. The number of esters is 2. The van der Waals surface area contributed by atoms with E-state index in [-0.39, 0.29) is 82.2 Å². The molecule has 4 heterocycles. The average molecular weight is 1180 g/mol. The van der Waals surface area contributed by atoms with Crippen molar-refractivity contribution in [2.45, 2.75) is 249 Å². The number of carbonyl (C=O) groups is 4. The van der Waals surface area contributed by atoms with Crippen molar-refractivity contribution < 1.29 is 38.5 Å². The van der Waals surface area contributed by atoms with Crippen LogP contribution >= 0.6 is 0 Å².